The van der Waals surface area contributed by atoms with Gasteiger partial charge in [0.15, 0.2) is 0 Å². The second kappa shape index (κ2) is 26.0. The Labute approximate surface area is 680 Å². The molecule has 0 fully saturated rings. The van der Waals surface area contributed by atoms with E-state index >= 15 is 0 Å². The quantitative estimate of drug-likeness (QED) is 0.167. The van der Waals surface area contributed by atoms with Gasteiger partial charge in [-0.1, -0.05) is 237 Å². The van der Waals surface area contributed by atoms with Gasteiger partial charge >= 0.3 is 0 Å². The number of para-hydroxylation sites is 6. The van der Waals surface area contributed by atoms with Crippen LogP contribution >= 0.6 is 34.0 Å². The molecule has 117 heavy (non-hydrogen) atoms. The Bertz CT molecular complexity index is 8710. The van der Waals surface area contributed by atoms with E-state index in [1.165, 1.54) is 182 Å². The van der Waals surface area contributed by atoms with E-state index in [-0.39, 0.29) is 0 Å². The van der Waals surface area contributed by atoms with Crippen molar-refractivity contribution in [2.45, 2.75) is 0 Å². The fraction of sp³-hybridized carbons (Fsp3) is 0. The lowest BCUT2D eigenvalue weighted by atomic mass is 10.0. The van der Waals surface area contributed by atoms with Crippen molar-refractivity contribution in [3.63, 3.8) is 0 Å². The first-order valence-corrected chi connectivity index (χ1v) is 42.0. The molecular formula is C108H63N3O3S3. The summed E-state index contributed by atoms with van der Waals surface area (Å²) >= 11 is 5.65. The topological polar surface area (TPSA) is 54.2 Å². The number of rotatable bonds is 6. The lowest BCUT2D eigenvalue weighted by Gasteiger charge is -2.08. The number of nitrogens with zero attached hydrogens (tertiary/aromatic N) is 3. The maximum absolute atomic E-state index is 6.41. The highest BCUT2D eigenvalue weighted by Crippen LogP contribution is 2.50. The minimum atomic E-state index is 0.923. The van der Waals surface area contributed by atoms with Crippen LogP contribution in [0.5, 0.6) is 0 Å². The standard InChI is InChI=1S/3C36H21NOS/c1-2-11-25(12-3-1)37-31-16-7-6-13-28(31)36-34(37)29-15-8-14-26(35(29)39-36)24-17-18-27-30-19-22-9-4-5-10-23(22)20-33(30)38-32(27)21-24;1-2-10-26(11-3-1)37-31-13-7-6-12-28(31)36-35(37)30-19-24(15-17-34(30)39-36)25-14-16-27-29-18-22-8-4-5-9-23(22)20-33(29)38-32(27)21-25;1-2-10-26(11-3-1)37-31-13-7-6-12-28(31)36-35(37)29-17-15-25(21-34(29)39-36)24-14-16-27-30-18-22-8-4-5-9-23(22)19-33(30)38-32(27)20-24/h3*1-21H. The molecule has 9 aromatic heterocycles. The number of furan rings is 3. The van der Waals surface area contributed by atoms with Crippen LogP contribution in [-0.2, 0) is 0 Å². The van der Waals surface area contributed by atoms with Crippen LogP contribution in [0.2, 0.25) is 0 Å². The van der Waals surface area contributed by atoms with Gasteiger partial charge in [-0.05, 0) is 211 Å². The largest absolute Gasteiger partial charge is 0.456 e. The summed E-state index contributed by atoms with van der Waals surface area (Å²) in [5.74, 6) is 0. The molecule has 0 saturated carbocycles. The molecule has 0 spiro atoms. The highest BCUT2D eigenvalue weighted by Gasteiger charge is 2.24. The van der Waals surface area contributed by atoms with E-state index < -0.39 is 0 Å². The van der Waals surface area contributed by atoms with Crippen LogP contribution < -0.4 is 0 Å². The van der Waals surface area contributed by atoms with Gasteiger partial charge in [-0.3, -0.25) is 0 Å². The van der Waals surface area contributed by atoms with Crippen molar-refractivity contribution in [3.8, 4) is 50.4 Å². The van der Waals surface area contributed by atoms with Gasteiger partial charge in [0, 0.05) is 95.8 Å². The normalized spacial score (nSPS) is 12.1. The monoisotopic (exact) mass is 1550 g/mol. The van der Waals surface area contributed by atoms with E-state index in [1.807, 2.05) is 34.0 Å². The van der Waals surface area contributed by atoms with Crippen molar-refractivity contribution in [3.05, 3.63) is 382 Å². The highest BCUT2D eigenvalue weighted by molar-refractivity contribution is 7.28. The molecule has 18 aromatic carbocycles. The SMILES string of the molecule is c1ccc(-n2c3ccccc3c3sc4c(-c5ccc6c(c5)oc5cc7ccccc7cc56)cccc4c32)cc1.c1ccc(-n2c3ccccc3c3sc4cc(-c5ccc6c(c5)oc5cc7ccccc7cc56)ccc4c32)cc1.c1ccc(-n2c3ccccc3c3sc4ccc(-c5ccc6c(c5)oc5cc7ccccc7cc56)cc4c32)cc1. The molecule has 0 unspecified atom stereocenters. The Morgan fingerprint density at radius 3 is 0.966 bits per heavy atom. The summed E-state index contributed by atoms with van der Waals surface area (Å²) in [6, 6.07) is 137. The Kier molecular flexibility index (Phi) is 14.6. The minimum absolute atomic E-state index is 0.923. The second-order valence-electron chi connectivity index (χ2n) is 30.5. The van der Waals surface area contributed by atoms with Crippen LogP contribution in [0.15, 0.2) is 395 Å². The summed E-state index contributed by atoms with van der Waals surface area (Å²) in [6.07, 6.45) is 0. The minimum Gasteiger partial charge on any atom is -0.456 e. The maximum Gasteiger partial charge on any atom is 0.136 e. The van der Waals surface area contributed by atoms with Gasteiger partial charge in [0.2, 0.25) is 0 Å². The van der Waals surface area contributed by atoms with Crippen LogP contribution in [0.4, 0.5) is 0 Å². The third kappa shape index (κ3) is 10.4. The zero-order valence-corrected chi connectivity index (χ0v) is 65.1. The van der Waals surface area contributed by atoms with E-state index in [1.54, 1.807) is 0 Å². The maximum atomic E-state index is 6.41. The molecule has 9 heterocycles. The fourth-order valence-corrected chi connectivity index (χ4v) is 22.3. The number of fused-ring (bicyclic) bond motifs is 27. The first-order chi connectivity index (χ1) is 58.0. The third-order valence-electron chi connectivity index (χ3n) is 23.9. The molecule has 0 saturated heterocycles. The zero-order chi connectivity index (χ0) is 76.5. The molecule has 0 radical (unpaired) electrons. The summed E-state index contributed by atoms with van der Waals surface area (Å²) in [4.78, 5) is 0. The van der Waals surface area contributed by atoms with E-state index in [0.717, 1.165) is 60.6 Å². The number of aromatic nitrogens is 3. The molecule has 9 heteroatoms. The van der Waals surface area contributed by atoms with Gasteiger partial charge in [0.25, 0.3) is 0 Å². The van der Waals surface area contributed by atoms with Crippen molar-refractivity contribution < 1.29 is 13.3 Å². The summed E-state index contributed by atoms with van der Waals surface area (Å²) in [6.45, 7) is 0. The van der Waals surface area contributed by atoms with E-state index in [2.05, 4.69) is 396 Å². The number of hydrogen-bond acceptors (Lipinski definition) is 6. The molecule has 0 atom stereocenters. The van der Waals surface area contributed by atoms with Gasteiger partial charge in [0.1, 0.15) is 33.5 Å². The van der Waals surface area contributed by atoms with Crippen LogP contribution in [0, 0.1) is 0 Å². The van der Waals surface area contributed by atoms with Crippen molar-refractivity contribution in [1.29, 1.82) is 0 Å². The second-order valence-corrected chi connectivity index (χ2v) is 33.7. The predicted octanol–water partition coefficient (Wildman–Crippen LogP) is 32.2. The summed E-state index contributed by atoms with van der Waals surface area (Å²) in [7, 11) is 0. The summed E-state index contributed by atoms with van der Waals surface area (Å²) in [5.41, 5.74) is 23.9. The summed E-state index contributed by atoms with van der Waals surface area (Å²) in [5, 5.41) is 22.0. The average Bonchev–Trinajstić information content (AvgIpc) is 1.58. The molecule has 27 aromatic rings. The van der Waals surface area contributed by atoms with E-state index in [4.69, 9.17) is 13.3 Å². The van der Waals surface area contributed by atoms with E-state index in [0.29, 0.717) is 0 Å². The first-order valence-electron chi connectivity index (χ1n) is 39.6. The number of thiophene rings is 3. The van der Waals surface area contributed by atoms with Crippen molar-refractivity contribution in [2.24, 2.45) is 0 Å². The molecule has 0 amide bonds. The van der Waals surface area contributed by atoms with Gasteiger partial charge in [-0.25, -0.2) is 0 Å². The summed E-state index contributed by atoms with van der Waals surface area (Å²) < 4.78 is 34.3. The molecule has 0 bridgehead atoms. The third-order valence-corrected chi connectivity index (χ3v) is 27.5. The highest BCUT2D eigenvalue weighted by atomic mass is 32.1. The number of hydrogen-bond donors (Lipinski definition) is 0. The first kappa shape index (κ1) is 65.9. The van der Waals surface area contributed by atoms with Gasteiger partial charge in [-0.15, -0.1) is 34.0 Å². The van der Waals surface area contributed by atoms with Gasteiger partial charge in [0.05, 0.1) is 47.2 Å². The molecule has 0 aliphatic heterocycles. The smallest absolute Gasteiger partial charge is 0.136 e. The zero-order valence-electron chi connectivity index (χ0n) is 62.7. The van der Waals surface area contributed by atoms with Crippen molar-refractivity contribution in [1.82, 2.24) is 13.7 Å². The molecule has 546 valence electrons. The lowest BCUT2D eigenvalue weighted by molar-refractivity contribution is 0.669. The van der Waals surface area contributed by atoms with Crippen molar-refractivity contribution >= 4 is 226 Å². The Morgan fingerprint density at radius 2 is 0.504 bits per heavy atom. The van der Waals surface area contributed by atoms with Gasteiger partial charge in [-0.2, -0.15) is 0 Å². The average molecular weight is 1550 g/mol. The molecular weight excluding hydrogens is 1480 g/mol. The Hall–Kier alpha value is -14.6. The van der Waals surface area contributed by atoms with Crippen LogP contribution in [-0.4, -0.2) is 13.7 Å². The van der Waals surface area contributed by atoms with Crippen LogP contribution in [0.3, 0.4) is 0 Å². The van der Waals surface area contributed by atoms with E-state index in [9.17, 15) is 0 Å². The van der Waals surface area contributed by atoms with Crippen LogP contribution in [0.1, 0.15) is 0 Å². The lowest BCUT2D eigenvalue weighted by Crippen LogP contribution is -1.92. The molecule has 0 aliphatic carbocycles. The van der Waals surface area contributed by atoms with Crippen molar-refractivity contribution in [2.75, 3.05) is 0 Å². The molecule has 6 nitrogen and oxygen atoms in total. The molecule has 27 rings (SSSR count). The predicted molar refractivity (Wildman–Crippen MR) is 499 cm³/mol. The Balaban J connectivity index is 0.0000000980. The Morgan fingerprint density at radius 1 is 0.179 bits per heavy atom. The number of benzene rings is 18. The molecule has 0 N–H and O–H groups in total. The van der Waals surface area contributed by atoms with Crippen LogP contribution in [0.25, 0.3) is 242 Å². The fourth-order valence-electron chi connectivity index (χ4n) is 18.5. The molecule has 0 aliphatic rings. The van der Waals surface area contributed by atoms with Gasteiger partial charge < -0.3 is 27.0 Å².